The first-order valence-electron chi connectivity index (χ1n) is 11.0. The van der Waals surface area contributed by atoms with Gasteiger partial charge in [-0.15, -0.1) is 0 Å². The summed E-state index contributed by atoms with van der Waals surface area (Å²) in [6.07, 6.45) is 3.09. The molecule has 1 spiro atoms. The normalized spacial score (nSPS) is 19.4. The quantitative estimate of drug-likeness (QED) is 0.515. The molecule has 2 fully saturated rings. The number of fused-ring (bicyclic) bond motifs is 3. The van der Waals surface area contributed by atoms with Crippen molar-refractivity contribution < 1.29 is 4.74 Å². The van der Waals surface area contributed by atoms with Gasteiger partial charge in [0.2, 0.25) is 0 Å². The van der Waals surface area contributed by atoms with E-state index in [1.807, 2.05) is 13.1 Å². The number of hydrogen-bond donors (Lipinski definition) is 2. The minimum atomic E-state index is 0.161. The highest BCUT2D eigenvalue weighted by Crippen LogP contribution is 2.54. The molecule has 1 saturated heterocycles. The van der Waals surface area contributed by atoms with Crippen LogP contribution < -0.4 is 20.7 Å². The summed E-state index contributed by atoms with van der Waals surface area (Å²) in [5.74, 6) is 1.45. The minimum absolute atomic E-state index is 0.161. The molecule has 1 atom stereocenters. The molecule has 7 nitrogen and oxygen atoms in total. The first-order chi connectivity index (χ1) is 15.6. The second kappa shape index (κ2) is 6.94. The smallest absolute Gasteiger partial charge is 0.324 e. The molecule has 1 aliphatic heterocycles. The van der Waals surface area contributed by atoms with E-state index in [-0.39, 0.29) is 11.5 Å². The van der Waals surface area contributed by atoms with E-state index in [9.17, 15) is 5.26 Å². The van der Waals surface area contributed by atoms with Crippen molar-refractivity contribution in [2.45, 2.75) is 25.3 Å². The molecule has 3 aliphatic rings. The van der Waals surface area contributed by atoms with E-state index in [2.05, 4.69) is 34.5 Å². The second-order valence-corrected chi connectivity index (χ2v) is 9.00. The molecule has 3 aromatic rings. The molecule has 3 N–H and O–H groups in total. The summed E-state index contributed by atoms with van der Waals surface area (Å²) in [7, 11) is 1.94. The van der Waals surface area contributed by atoms with Crippen LogP contribution in [0.4, 0.5) is 11.5 Å². The van der Waals surface area contributed by atoms with Gasteiger partial charge in [0.25, 0.3) is 0 Å². The number of rotatable bonds is 4. The number of hydrogen-bond acceptors (Lipinski definition) is 7. The Morgan fingerprint density at radius 2 is 2.06 bits per heavy atom. The van der Waals surface area contributed by atoms with E-state index in [0.717, 1.165) is 42.3 Å². The van der Waals surface area contributed by atoms with E-state index in [1.165, 1.54) is 24.0 Å². The Morgan fingerprint density at radius 1 is 1.22 bits per heavy atom. The number of benzene rings is 2. The fraction of sp³-hybridized carbons (Fsp3) is 0.320. The van der Waals surface area contributed by atoms with Gasteiger partial charge in [-0.3, -0.25) is 0 Å². The average molecular weight is 425 g/mol. The van der Waals surface area contributed by atoms with Crippen LogP contribution in [0.15, 0.2) is 42.5 Å². The van der Waals surface area contributed by atoms with Crippen molar-refractivity contribution >= 4 is 11.5 Å². The standard InChI is InChI=1S/C25H24N6O/c1-28-19-7-3-6-17-18(19)11-20-22(17)23(31-13-21(27)25(14-31)8-9-25)30-24(29-20)32-16-5-2-4-15(10-16)12-26/h2-7,10,21,28H,8-9,11,13-14,27H2,1H3. The number of nitrogens with two attached hydrogens (primary N) is 1. The van der Waals surface area contributed by atoms with Crippen LogP contribution in [0.25, 0.3) is 11.1 Å². The van der Waals surface area contributed by atoms with Crippen LogP contribution in [0, 0.1) is 16.7 Å². The second-order valence-electron chi connectivity index (χ2n) is 9.00. The van der Waals surface area contributed by atoms with Crippen molar-refractivity contribution in [3.63, 3.8) is 0 Å². The Morgan fingerprint density at radius 3 is 2.81 bits per heavy atom. The van der Waals surface area contributed by atoms with Crippen molar-refractivity contribution in [2.75, 3.05) is 30.4 Å². The van der Waals surface area contributed by atoms with Crippen LogP contribution in [0.2, 0.25) is 0 Å². The Hall–Kier alpha value is -3.63. The fourth-order valence-corrected chi connectivity index (χ4v) is 5.14. The van der Waals surface area contributed by atoms with Crippen molar-refractivity contribution in [2.24, 2.45) is 11.1 Å². The third-order valence-electron chi connectivity index (χ3n) is 7.08. The summed E-state index contributed by atoms with van der Waals surface area (Å²) in [5.41, 5.74) is 12.8. The summed E-state index contributed by atoms with van der Waals surface area (Å²) in [6, 6.07) is 16.0. The third kappa shape index (κ3) is 2.91. The molecule has 2 aliphatic carbocycles. The summed E-state index contributed by atoms with van der Waals surface area (Å²) < 4.78 is 6.05. The molecular formula is C25H24N6O. The highest BCUT2D eigenvalue weighted by Gasteiger charge is 2.54. The van der Waals surface area contributed by atoms with Gasteiger partial charge >= 0.3 is 6.01 Å². The molecule has 32 heavy (non-hydrogen) atoms. The van der Waals surface area contributed by atoms with Crippen molar-refractivity contribution in [1.29, 1.82) is 5.26 Å². The van der Waals surface area contributed by atoms with Crippen LogP contribution in [0.1, 0.15) is 29.7 Å². The highest BCUT2D eigenvalue weighted by atomic mass is 16.5. The molecule has 160 valence electrons. The number of ether oxygens (including phenoxy) is 1. The largest absolute Gasteiger partial charge is 0.424 e. The van der Waals surface area contributed by atoms with Crippen molar-refractivity contribution in [1.82, 2.24) is 9.97 Å². The van der Waals surface area contributed by atoms with Crippen molar-refractivity contribution in [3.05, 3.63) is 59.3 Å². The Bertz CT molecular complexity index is 1280. The van der Waals surface area contributed by atoms with Crippen LogP contribution in [-0.2, 0) is 6.42 Å². The topological polar surface area (TPSA) is 100 Å². The maximum Gasteiger partial charge on any atom is 0.324 e. The van der Waals surface area contributed by atoms with E-state index in [0.29, 0.717) is 17.3 Å². The highest BCUT2D eigenvalue weighted by molar-refractivity contribution is 5.88. The summed E-state index contributed by atoms with van der Waals surface area (Å²) in [4.78, 5) is 12.0. The lowest BCUT2D eigenvalue weighted by Crippen LogP contribution is -2.30. The van der Waals surface area contributed by atoms with E-state index >= 15 is 0 Å². The zero-order valence-electron chi connectivity index (χ0n) is 17.9. The Kier molecular flexibility index (Phi) is 4.14. The zero-order valence-corrected chi connectivity index (χ0v) is 17.9. The Labute approximate surface area is 186 Å². The van der Waals surface area contributed by atoms with Gasteiger partial charge in [-0.2, -0.15) is 15.2 Å². The molecule has 1 saturated carbocycles. The average Bonchev–Trinajstić information content (AvgIpc) is 3.39. The lowest BCUT2D eigenvalue weighted by atomic mass is 10.0. The van der Waals surface area contributed by atoms with Gasteiger partial charge in [-0.05, 0) is 48.2 Å². The number of nitrogens with zero attached hydrogens (tertiary/aromatic N) is 4. The van der Waals surface area contributed by atoms with E-state index in [4.69, 9.17) is 20.4 Å². The predicted molar refractivity (Wildman–Crippen MR) is 123 cm³/mol. The number of anilines is 2. The Balaban J connectivity index is 1.46. The van der Waals surface area contributed by atoms with Gasteiger partial charge in [-0.1, -0.05) is 18.2 Å². The molecule has 0 radical (unpaired) electrons. The third-order valence-corrected chi connectivity index (χ3v) is 7.08. The molecule has 2 heterocycles. The summed E-state index contributed by atoms with van der Waals surface area (Å²) in [5, 5.41) is 12.5. The summed E-state index contributed by atoms with van der Waals surface area (Å²) in [6.45, 7) is 1.70. The monoisotopic (exact) mass is 424 g/mol. The van der Waals surface area contributed by atoms with Gasteiger partial charge in [0.15, 0.2) is 0 Å². The lowest BCUT2D eigenvalue weighted by Gasteiger charge is -2.21. The zero-order chi connectivity index (χ0) is 21.9. The van der Waals surface area contributed by atoms with Crippen LogP contribution in [-0.4, -0.2) is 36.1 Å². The lowest BCUT2D eigenvalue weighted by molar-refractivity contribution is 0.440. The maximum absolute atomic E-state index is 9.21. The molecule has 0 amide bonds. The molecule has 6 rings (SSSR count). The molecule has 1 unspecified atom stereocenters. The van der Waals surface area contributed by atoms with Gasteiger partial charge in [0.1, 0.15) is 11.6 Å². The number of nitrogens with one attached hydrogen (secondary N) is 1. The fourth-order valence-electron chi connectivity index (χ4n) is 5.14. The van der Waals surface area contributed by atoms with Gasteiger partial charge in [-0.25, -0.2) is 0 Å². The van der Waals surface area contributed by atoms with Crippen molar-refractivity contribution in [3.8, 4) is 29.0 Å². The van der Waals surface area contributed by atoms with Gasteiger partial charge < -0.3 is 20.7 Å². The molecule has 2 aromatic carbocycles. The van der Waals surface area contributed by atoms with Crippen LogP contribution >= 0.6 is 0 Å². The molecule has 7 heteroatoms. The SMILES string of the molecule is CNc1cccc2c1Cc1nc(Oc3cccc(C#N)c3)nc(N3CC(N)C4(CC4)C3)c1-2. The van der Waals surface area contributed by atoms with Crippen LogP contribution in [0.5, 0.6) is 11.8 Å². The van der Waals surface area contributed by atoms with Gasteiger partial charge in [0, 0.05) is 49.3 Å². The number of aromatic nitrogens is 2. The maximum atomic E-state index is 9.21. The minimum Gasteiger partial charge on any atom is -0.424 e. The van der Waals surface area contributed by atoms with E-state index in [1.54, 1.807) is 18.2 Å². The predicted octanol–water partition coefficient (Wildman–Crippen LogP) is 3.68. The van der Waals surface area contributed by atoms with Crippen LogP contribution in [0.3, 0.4) is 0 Å². The van der Waals surface area contributed by atoms with Gasteiger partial charge in [0.05, 0.1) is 17.3 Å². The number of nitriles is 1. The molecule has 0 bridgehead atoms. The molecule has 1 aromatic heterocycles. The summed E-state index contributed by atoms with van der Waals surface area (Å²) >= 11 is 0. The first-order valence-corrected chi connectivity index (χ1v) is 11.0. The van der Waals surface area contributed by atoms with E-state index < -0.39 is 0 Å². The molecular weight excluding hydrogens is 400 g/mol. The first kappa shape index (κ1) is 19.1.